The van der Waals surface area contributed by atoms with Crippen LogP contribution >= 0.6 is 24.0 Å². The molecule has 0 heterocycles. The Bertz CT molecular complexity index is 657. The molecule has 3 rings (SSSR count). The van der Waals surface area contributed by atoms with Crippen molar-refractivity contribution in [1.82, 2.24) is 16.0 Å². The van der Waals surface area contributed by atoms with Crippen LogP contribution in [0.5, 0.6) is 5.75 Å². The molecule has 2 aliphatic rings. The number of aryl methyl sites for hydroxylation is 1. The molecule has 0 saturated heterocycles. The van der Waals surface area contributed by atoms with Gasteiger partial charge in [0.1, 0.15) is 5.75 Å². The van der Waals surface area contributed by atoms with E-state index in [-0.39, 0.29) is 36.4 Å². The van der Waals surface area contributed by atoms with E-state index >= 15 is 0 Å². The molecule has 3 N–H and O–H groups in total. The van der Waals surface area contributed by atoms with Gasteiger partial charge in [0.15, 0.2) is 5.96 Å². The van der Waals surface area contributed by atoms with Gasteiger partial charge in [-0.3, -0.25) is 4.79 Å². The van der Waals surface area contributed by atoms with Crippen molar-refractivity contribution in [3.8, 4) is 5.75 Å². The fraction of sp³-hybridized carbons (Fsp3) is 0.600. The lowest BCUT2D eigenvalue weighted by molar-refractivity contribution is -0.120. The number of halogens is 1. The Balaban J connectivity index is 0.00000261. The van der Waals surface area contributed by atoms with Crippen molar-refractivity contribution in [3.63, 3.8) is 0 Å². The summed E-state index contributed by atoms with van der Waals surface area (Å²) in [4.78, 5) is 16.5. The second-order valence-electron chi connectivity index (χ2n) is 7.26. The maximum Gasteiger partial charge on any atom is 0.239 e. The van der Waals surface area contributed by atoms with Gasteiger partial charge >= 0.3 is 0 Å². The predicted octanol–water partition coefficient (Wildman–Crippen LogP) is 2.74. The van der Waals surface area contributed by atoms with Gasteiger partial charge in [-0.2, -0.15) is 0 Å². The Hall–Kier alpha value is -1.51. The van der Waals surface area contributed by atoms with Crippen molar-refractivity contribution in [2.45, 2.75) is 52.1 Å². The number of nitrogens with one attached hydrogen (secondary N) is 3. The number of amides is 1. The second-order valence-corrected chi connectivity index (χ2v) is 7.26. The lowest BCUT2D eigenvalue weighted by Gasteiger charge is -2.13. The molecule has 6 nitrogen and oxygen atoms in total. The van der Waals surface area contributed by atoms with Gasteiger partial charge in [-0.15, -0.1) is 24.0 Å². The summed E-state index contributed by atoms with van der Waals surface area (Å²) in [6.45, 7) is 6.37. The minimum absolute atomic E-state index is 0. The first-order valence-electron chi connectivity index (χ1n) is 9.68. The van der Waals surface area contributed by atoms with Crippen LogP contribution in [0.4, 0.5) is 0 Å². The Kier molecular flexibility index (Phi) is 8.66. The zero-order chi connectivity index (χ0) is 18.4. The monoisotopic (exact) mass is 486 g/mol. The molecule has 150 valence electrons. The smallest absolute Gasteiger partial charge is 0.239 e. The summed E-state index contributed by atoms with van der Waals surface area (Å²) in [7, 11) is 0. The molecule has 0 bridgehead atoms. The molecule has 7 heteroatoms. The zero-order valence-corrected chi connectivity index (χ0v) is 18.5. The molecule has 27 heavy (non-hydrogen) atoms. The van der Waals surface area contributed by atoms with Gasteiger partial charge < -0.3 is 20.7 Å². The average Bonchev–Trinajstić information content (AvgIpc) is 3.52. The highest BCUT2D eigenvalue weighted by molar-refractivity contribution is 14.0. The fourth-order valence-corrected chi connectivity index (χ4v) is 2.60. The highest BCUT2D eigenvalue weighted by atomic mass is 127. The first kappa shape index (κ1) is 21.8. The van der Waals surface area contributed by atoms with Gasteiger partial charge in [-0.05, 0) is 57.1 Å². The van der Waals surface area contributed by atoms with Crippen LogP contribution in [0.15, 0.2) is 23.2 Å². The summed E-state index contributed by atoms with van der Waals surface area (Å²) >= 11 is 0. The van der Waals surface area contributed by atoms with E-state index in [1.807, 2.05) is 6.92 Å². The maximum absolute atomic E-state index is 11.8. The van der Waals surface area contributed by atoms with E-state index in [1.54, 1.807) is 0 Å². The third-order valence-corrected chi connectivity index (χ3v) is 4.50. The number of aliphatic imine (C=N–C) groups is 1. The number of hydrogen-bond donors (Lipinski definition) is 3. The van der Waals surface area contributed by atoms with Crippen LogP contribution in [-0.4, -0.2) is 37.6 Å². The second kappa shape index (κ2) is 10.7. The van der Waals surface area contributed by atoms with Gasteiger partial charge in [0.05, 0.1) is 19.7 Å². The highest BCUT2D eigenvalue weighted by Gasteiger charge is 2.23. The van der Waals surface area contributed by atoms with Gasteiger partial charge in [-0.25, -0.2) is 4.99 Å². The van der Waals surface area contributed by atoms with Crippen molar-refractivity contribution < 1.29 is 9.53 Å². The normalized spacial score (nSPS) is 16.3. The molecule has 0 atom stereocenters. The van der Waals surface area contributed by atoms with Crippen LogP contribution in [-0.2, 0) is 11.3 Å². The van der Waals surface area contributed by atoms with Crippen LogP contribution in [0, 0.1) is 12.8 Å². The summed E-state index contributed by atoms with van der Waals surface area (Å²) in [5.74, 6) is 2.30. The predicted molar refractivity (Wildman–Crippen MR) is 119 cm³/mol. The first-order valence-corrected chi connectivity index (χ1v) is 9.68. The molecule has 2 aliphatic carbocycles. The number of carbonyl (C=O) groups is 1. The molecule has 1 aromatic rings. The fourth-order valence-electron chi connectivity index (χ4n) is 2.60. The standard InChI is InChI=1S/C20H30N4O2.HI/c1-3-21-20(23-12-19(25)24-17-8-9-17)22-11-16-7-4-14(2)10-18(16)26-13-15-5-6-15;/h4,7,10,15,17H,3,5-6,8-9,11-13H2,1-2H3,(H,24,25)(H2,21,22,23);1H. The number of guanidine groups is 1. The zero-order valence-electron chi connectivity index (χ0n) is 16.2. The van der Waals surface area contributed by atoms with E-state index in [0.717, 1.165) is 43.2 Å². The van der Waals surface area contributed by atoms with Gasteiger partial charge in [0.2, 0.25) is 5.91 Å². The van der Waals surface area contributed by atoms with E-state index in [9.17, 15) is 4.79 Å². The number of rotatable bonds is 9. The lowest BCUT2D eigenvalue weighted by atomic mass is 10.1. The van der Waals surface area contributed by atoms with Crippen LogP contribution < -0.4 is 20.7 Å². The summed E-state index contributed by atoms with van der Waals surface area (Å²) in [6, 6.07) is 6.61. The summed E-state index contributed by atoms with van der Waals surface area (Å²) < 4.78 is 6.01. The van der Waals surface area contributed by atoms with E-state index in [2.05, 4.69) is 46.1 Å². The Labute approximate surface area is 178 Å². The SMILES string of the molecule is CCNC(=NCc1ccc(C)cc1OCC1CC1)NCC(=O)NC1CC1.I. The first-order chi connectivity index (χ1) is 12.6. The Morgan fingerprint density at radius 3 is 2.67 bits per heavy atom. The van der Waals surface area contributed by atoms with Gasteiger partial charge in [-0.1, -0.05) is 12.1 Å². The van der Waals surface area contributed by atoms with Crippen LogP contribution in [0.3, 0.4) is 0 Å². The minimum Gasteiger partial charge on any atom is -0.493 e. The third-order valence-electron chi connectivity index (χ3n) is 4.50. The van der Waals surface area contributed by atoms with Crippen molar-refractivity contribution in [1.29, 1.82) is 0 Å². The quantitative estimate of drug-likeness (QED) is 0.285. The molecule has 2 saturated carbocycles. The third kappa shape index (κ3) is 7.94. The minimum atomic E-state index is 0. The van der Waals surface area contributed by atoms with Crippen LogP contribution in [0.2, 0.25) is 0 Å². The summed E-state index contributed by atoms with van der Waals surface area (Å²) in [6.07, 6.45) is 4.74. The number of carbonyl (C=O) groups excluding carboxylic acids is 1. The van der Waals surface area contributed by atoms with E-state index < -0.39 is 0 Å². The van der Waals surface area contributed by atoms with Crippen LogP contribution in [0.1, 0.15) is 43.7 Å². The topological polar surface area (TPSA) is 74.8 Å². The molecule has 2 fully saturated rings. The molecule has 1 aromatic carbocycles. The van der Waals surface area contributed by atoms with E-state index in [1.165, 1.54) is 18.4 Å². The van der Waals surface area contributed by atoms with Gasteiger partial charge in [0.25, 0.3) is 0 Å². The number of nitrogens with zero attached hydrogens (tertiary/aromatic N) is 1. The molecule has 1 amide bonds. The van der Waals surface area contributed by atoms with Crippen molar-refractivity contribution in [2.75, 3.05) is 19.7 Å². The number of ether oxygens (including phenoxy) is 1. The summed E-state index contributed by atoms with van der Waals surface area (Å²) in [5.41, 5.74) is 2.25. The van der Waals surface area contributed by atoms with E-state index in [4.69, 9.17) is 4.74 Å². The lowest BCUT2D eigenvalue weighted by Crippen LogP contribution is -2.43. The van der Waals surface area contributed by atoms with Crippen molar-refractivity contribution in [3.05, 3.63) is 29.3 Å². The largest absolute Gasteiger partial charge is 0.493 e. The molecule has 0 unspecified atom stereocenters. The Morgan fingerprint density at radius 1 is 1.22 bits per heavy atom. The molecule has 0 aromatic heterocycles. The molecule has 0 aliphatic heterocycles. The van der Waals surface area contributed by atoms with Crippen molar-refractivity contribution >= 4 is 35.8 Å². The Morgan fingerprint density at radius 2 is 2.00 bits per heavy atom. The average molecular weight is 486 g/mol. The van der Waals surface area contributed by atoms with Crippen LogP contribution in [0.25, 0.3) is 0 Å². The molecule has 0 radical (unpaired) electrons. The molecular formula is C20H31IN4O2. The summed E-state index contributed by atoms with van der Waals surface area (Å²) in [5, 5.41) is 9.26. The molecule has 0 spiro atoms. The van der Waals surface area contributed by atoms with Crippen molar-refractivity contribution in [2.24, 2.45) is 10.9 Å². The maximum atomic E-state index is 11.8. The van der Waals surface area contributed by atoms with E-state index in [0.29, 0.717) is 18.5 Å². The number of benzene rings is 1. The highest BCUT2D eigenvalue weighted by Crippen LogP contribution is 2.30. The van der Waals surface area contributed by atoms with Gasteiger partial charge in [0, 0.05) is 18.2 Å². The molecular weight excluding hydrogens is 455 g/mol. The number of hydrogen-bond acceptors (Lipinski definition) is 3.